The summed E-state index contributed by atoms with van der Waals surface area (Å²) in [5.74, 6) is 0.281. The van der Waals surface area contributed by atoms with Crippen LogP contribution < -0.4 is 4.74 Å². The second-order valence-corrected chi connectivity index (χ2v) is 5.11. The van der Waals surface area contributed by atoms with Crippen LogP contribution in [-0.2, 0) is 6.61 Å². The topological polar surface area (TPSA) is 70.2 Å². The number of nitrogens with zero attached hydrogens (tertiary/aromatic N) is 3. The Labute approximate surface area is 127 Å². The van der Waals surface area contributed by atoms with E-state index in [1.54, 1.807) is 0 Å². The SMILES string of the molecule is CCC(C)n1ccc(COc2cc([N+](=O)[O-])ccc2Cl)n1. The van der Waals surface area contributed by atoms with Crippen LogP contribution in [0, 0.1) is 10.1 Å². The molecular weight excluding hydrogens is 294 g/mol. The average Bonchev–Trinajstić information content (AvgIpc) is 2.94. The van der Waals surface area contributed by atoms with Gasteiger partial charge in [0.1, 0.15) is 12.4 Å². The highest BCUT2D eigenvalue weighted by Gasteiger charge is 2.12. The van der Waals surface area contributed by atoms with Crippen molar-refractivity contribution in [2.24, 2.45) is 0 Å². The lowest BCUT2D eigenvalue weighted by Gasteiger charge is -2.09. The number of aromatic nitrogens is 2. The van der Waals surface area contributed by atoms with E-state index in [-0.39, 0.29) is 18.0 Å². The zero-order chi connectivity index (χ0) is 15.4. The van der Waals surface area contributed by atoms with Gasteiger partial charge in [0, 0.05) is 18.3 Å². The molecule has 2 aromatic rings. The molecule has 0 saturated carbocycles. The van der Waals surface area contributed by atoms with Crippen LogP contribution in [0.2, 0.25) is 5.02 Å². The highest BCUT2D eigenvalue weighted by atomic mass is 35.5. The normalized spacial score (nSPS) is 12.1. The molecule has 0 aliphatic carbocycles. The maximum atomic E-state index is 10.7. The molecular formula is C14H16ClN3O3. The molecule has 0 amide bonds. The third-order valence-electron chi connectivity index (χ3n) is 3.21. The van der Waals surface area contributed by atoms with E-state index in [4.69, 9.17) is 16.3 Å². The Hall–Kier alpha value is -2.08. The third-order valence-corrected chi connectivity index (χ3v) is 3.52. The van der Waals surface area contributed by atoms with Gasteiger partial charge in [0.2, 0.25) is 0 Å². The number of halogens is 1. The van der Waals surface area contributed by atoms with E-state index >= 15 is 0 Å². The van der Waals surface area contributed by atoms with Crippen LogP contribution in [0.3, 0.4) is 0 Å². The fourth-order valence-electron chi connectivity index (χ4n) is 1.75. The zero-order valence-electron chi connectivity index (χ0n) is 11.8. The van der Waals surface area contributed by atoms with Gasteiger partial charge in [-0.05, 0) is 25.5 Å². The maximum absolute atomic E-state index is 10.7. The van der Waals surface area contributed by atoms with E-state index in [0.29, 0.717) is 11.1 Å². The molecule has 0 saturated heterocycles. The number of nitro benzene ring substituents is 1. The Morgan fingerprint density at radius 1 is 1.48 bits per heavy atom. The smallest absolute Gasteiger partial charge is 0.273 e. The summed E-state index contributed by atoms with van der Waals surface area (Å²) >= 11 is 5.97. The number of non-ortho nitro benzene ring substituents is 1. The van der Waals surface area contributed by atoms with Gasteiger partial charge in [-0.1, -0.05) is 18.5 Å². The van der Waals surface area contributed by atoms with Crippen LogP contribution in [0.1, 0.15) is 32.0 Å². The fourth-order valence-corrected chi connectivity index (χ4v) is 1.93. The van der Waals surface area contributed by atoms with Crippen molar-refractivity contribution in [2.45, 2.75) is 32.9 Å². The van der Waals surface area contributed by atoms with Crippen molar-refractivity contribution < 1.29 is 9.66 Å². The predicted molar refractivity (Wildman–Crippen MR) is 79.7 cm³/mol. The van der Waals surface area contributed by atoms with Gasteiger partial charge in [-0.25, -0.2) is 0 Å². The Morgan fingerprint density at radius 3 is 2.90 bits per heavy atom. The second kappa shape index (κ2) is 6.58. The largest absolute Gasteiger partial charge is 0.485 e. The number of nitro groups is 1. The summed E-state index contributed by atoms with van der Waals surface area (Å²) in [5, 5.41) is 15.5. The second-order valence-electron chi connectivity index (χ2n) is 4.70. The molecule has 112 valence electrons. The first kappa shape index (κ1) is 15.3. The molecule has 0 N–H and O–H groups in total. The number of benzene rings is 1. The predicted octanol–water partition coefficient (Wildman–Crippen LogP) is 3.99. The van der Waals surface area contributed by atoms with E-state index in [9.17, 15) is 10.1 Å². The summed E-state index contributed by atoms with van der Waals surface area (Å²) in [6.07, 6.45) is 2.88. The first-order chi connectivity index (χ1) is 10.0. The summed E-state index contributed by atoms with van der Waals surface area (Å²) in [6.45, 7) is 4.38. The van der Waals surface area contributed by atoms with Gasteiger partial charge in [-0.3, -0.25) is 14.8 Å². The molecule has 0 spiro atoms. The van der Waals surface area contributed by atoms with Gasteiger partial charge in [0.25, 0.3) is 5.69 Å². The highest BCUT2D eigenvalue weighted by molar-refractivity contribution is 6.32. The van der Waals surface area contributed by atoms with Gasteiger partial charge >= 0.3 is 0 Å². The maximum Gasteiger partial charge on any atom is 0.273 e. The van der Waals surface area contributed by atoms with Crippen LogP contribution in [0.4, 0.5) is 5.69 Å². The number of rotatable bonds is 6. The van der Waals surface area contributed by atoms with E-state index in [1.165, 1.54) is 18.2 Å². The van der Waals surface area contributed by atoms with Gasteiger partial charge in [-0.2, -0.15) is 5.10 Å². The first-order valence-corrected chi connectivity index (χ1v) is 6.99. The van der Waals surface area contributed by atoms with Gasteiger partial charge in [-0.15, -0.1) is 0 Å². The lowest BCUT2D eigenvalue weighted by molar-refractivity contribution is -0.384. The van der Waals surface area contributed by atoms with E-state index in [1.807, 2.05) is 16.9 Å². The van der Waals surface area contributed by atoms with Gasteiger partial charge < -0.3 is 4.74 Å². The molecule has 1 atom stereocenters. The molecule has 0 aliphatic rings. The van der Waals surface area contributed by atoms with Crippen molar-refractivity contribution in [3.8, 4) is 5.75 Å². The fraction of sp³-hybridized carbons (Fsp3) is 0.357. The van der Waals surface area contributed by atoms with Crippen molar-refractivity contribution >= 4 is 17.3 Å². The lowest BCUT2D eigenvalue weighted by atomic mass is 10.3. The molecule has 0 fully saturated rings. The number of ether oxygens (including phenoxy) is 1. The minimum atomic E-state index is -0.485. The quantitative estimate of drug-likeness (QED) is 0.597. The highest BCUT2D eigenvalue weighted by Crippen LogP contribution is 2.29. The van der Waals surface area contributed by atoms with Crippen molar-refractivity contribution in [3.05, 3.63) is 51.3 Å². The van der Waals surface area contributed by atoms with Crippen LogP contribution in [0.5, 0.6) is 5.75 Å². The summed E-state index contributed by atoms with van der Waals surface area (Å²) in [4.78, 5) is 10.3. The Bertz CT molecular complexity index is 642. The average molecular weight is 310 g/mol. The van der Waals surface area contributed by atoms with Crippen molar-refractivity contribution in [3.63, 3.8) is 0 Å². The molecule has 1 aromatic carbocycles. The van der Waals surface area contributed by atoms with E-state index < -0.39 is 4.92 Å². The Kier molecular flexibility index (Phi) is 4.80. The summed E-state index contributed by atoms with van der Waals surface area (Å²) in [7, 11) is 0. The molecule has 21 heavy (non-hydrogen) atoms. The summed E-state index contributed by atoms with van der Waals surface area (Å²) in [6, 6.07) is 6.28. The molecule has 1 aromatic heterocycles. The molecule has 0 bridgehead atoms. The molecule has 1 unspecified atom stereocenters. The molecule has 1 heterocycles. The molecule has 7 heteroatoms. The van der Waals surface area contributed by atoms with Crippen molar-refractivity contribution in [2.75, 3.05) is 0 Å². The molecule has 0 radical (unpaired) electrons. The van der Waals surface area contributed by atoms with Gasteiger partial charge in [0.05, 0.1) is 21.7 Å². The summed E-state index contributed by atoms with van der Waals surface area (Å²) < 4.78 is 7.40. The molecule has 2 rings (SSSR count). The minimum absolute atomic E-state index is 0.0560. The van der Waals surface area contributed by atoms with Gasteiger partial charge in [0.15, 0.2) is 0 Å². The monoisotopic (exact) mass is 309 g/mol. The number of hydrogen-bond acceptors (Lipinski definition) is 4. The standard InChI is InChI=1S/C14H16ClN3O3/c1-3-10(2)17-7-6-11(16-17)9-21-14-8-12(18(19)20)4-5-13(14)15/h4-8,10H,3,9H2,1-2H3. The lowest BCUT2D eigenvalue weighted by Crippen LogP contribution is -2.06. The van der Waals surface area contributed by atoms with E-state index in [2.05, 4.69) is 18.9 Å². The zero-order valence-corrected chi connectivity index (χ0v) is 12.6. The Balaban J connectivity index is 2.07. The van der Waals surface area contributed by atoms with Crippen molar-refractivity contribution in [1.82, 2.24) is 9.78 Å². The van der Waals surface area contributed by atoms with Crippen LogP contribution >= 0.6 is 11.6 Å². The Morgan fingerprint density at radius 2 is 2.24 bits per heavy atom. The molecule has 0 aliphatic heterocycles. The summed E-state index contributed by atoms with van der Waals surface area (Å²) in [5.41, 5.74) is 0.692. The van der Waals surface area contributed by atoms with Crippen LogP contribution in [0.15, 0.2) is 30.5 Å². The van der Waals surface area contributed by atoms with Crippen LogP contribution in [-0.4, -0.2) is 14.7 Å². The molecule has 6 nitrogen and oxygen atoms in total. The third kappa shape index (κ3) is 3.72. The van der Waals surface area contributed by atoms with E-state index in [0.717, 1.165) is 12.1 Å². The first-order valence-electron chi connectivity index (χ1n) is 6.62. The minimum Gasteiger partial charge on any atom is -0.485 e. The van der Waals surface area contributed by atoms with Crippen LogP contribution in [0.25, 0.3) is 0 Å². The number of hydrogen-bond donors (Lipinski definition) is 0. The van der Waals surface area contributed by atoms with Crippen molar-refractivity contribution in [1.29, 1.82) is 0 Å².